The minimum absolute atomic E-state index is 0.0832. The number of anilines is 2. The molecule has 0 unspecified atom stereocenters. The van der Waals surface area contributed by atoms with Crippen LogP contribution in [0.5, 0.6) is 0 Å². The van der Waals surface area contributed by atoms with Crippen LogP contribution in [0.2, 0.25) is 0 Å². The first-order chi connectivity index (χ1) is 9.79. The van der Waals surface area contributed by atoms with E-state index in [0.717, 1.165) is 36.3 Å². The average Bonchev–Trinajstić information content (AvgIpc) is 2.54. The highest BCUT2D eigenvalue weighted by Crippen LogP contribution is 2.28. The maximum atomic E-state index is 12.7. The number of para-hydroxylation sites is 1. The van der Waals surface area contributed by atoms with Crippen LogP contribution in [0.25, 0.3) is 0 Å². The van der Waals surface area contributed by atoms with Crippen molar-refractivity contribution in [2.75, 3.05) is 23.8 Å². The number of benzene rings is 2. The normalized spacial score (nSPS) is 13.8. The molecule has 2 aromatic carbocycles. The van der Waals surface area contributed by atoms with Gasteiger partial charge in [-0.2, -0.15) is 0 Å². The van der Waals surface area contributed by atoms with E-state index in [2.05, 4.69) is 11.4 Å². The van der Waals surface area contributed by atoms with E-state index in [1.807, 2.05) is 54.4 Å². The molecule has 0 fully saturated rings. The fourth-order valence-electron chi connectivity index (χ4n) is 2.68. The Kier molecular flexibility index (Phi) is 3.42. The first-order valence-electron chi connectivity index (χ1n) is 6.97. The summed E-state index contributed by atoms with van der Waals surface area (Å²) in [5.41, 5.74) is 4.07. The molecule has 20 heavy (non-hydrogen) atoms. The minimum Gasteiger partial charge on any atom is -0.388 e. The fraction of sp³-hybridized carbons (Fsp3) is 0.235. The summed E-state index contributed by atoms with van der Waals surface area (Å²) < 4.78 is 0. The van der Waals surface area contributed by atoms with Gasteiger partial charge in [0.2, 0.25) is 0 Å². The molecule has 0 saturated carbocycles. The van der Waals surface area contributed by atoms with Crippen LogP contribution in [0.3, 0.4) is 0 Å². The van der Waals surface area contributed by atoms with Crippen molar-refractivity contribution in [3.8, 4) is 0 Å². The van der Waals surface area contributed by atoms with Crippen molar-refractivity contribution < 1.29 is 4.79 Å². The minimum atomic E-state index is 0.0832. The smallest absolute Gasteiger partial charge is 0.258 e. The molecular weight excluding hydrogens is 248 g/mol. The first-order valence-corrected chi connectivity index (χ1v) is 6.97. The fourth-order valence-corrected chi connectivity index (χ4v) is 2.68. The summed E-state index contributed by atoms with van der Waals surface area (Å²) in [6.07, 6.45) is 2.08. The maximum Gasteiger partial charge on any atom is 0.258 e. The number of aryl methyl sites for hydroxylation is 1. The Bertz CT molecular complexity index is 619. The van der Waals surface area contributed by atoms with Crippen molar-refractivity contribution in [2.24, 2.45) is 0 Å². The number of amides is 1. The van der Waals surface area contributed by atoms with E-state index >= 15 is 0 Å². The molecule has 1 N–H and O–H groups in total. The van der Waals surface area contributed by atoms with Crippen LogP contribution in [0.1, 0.15) is 22.3 Å². The highest BCUT2D eigenvalue weighted by Gasteiger charge is 2.22. The zero-order valence-corrected chi connectivity index (χ0v) is 11.6. The Morgan fingerprint density at radius 1 is 1.10 bits per heavy atom. The van der Waals surface area contributed by atoms with E-state index in [1.54, 1.807) is 0 Å². The van der Waals surface area contributed by atoms with Crippen molar-refractivity contribution in [3.63, 3.8) is 0 Å². The van der Waals surface area contributed by atoms with E-state index in [9.17, 15) is 4.79 Å². The van der Waals surface area contributed by atoms with Gasteiger partial charge in [-0.3, -0.25) is 4.79 Å². The second kappa shape index (κ2) is 5.37. The predicted molar refractivity (Wildman–Crippen MR) is 82.4 cm³/mol. The molecule has 0 atom stereocenters. The second-order valence-corrected chi connectivity index (χ2v) is 5.02. The summed E-state index contributed by atoms with van der Waals surface area (Å²) in [5, 5.41) is 3.06. The third-order valence-electron chi connectivity index (χ3n) is 3.78. The standard InChI is InChI=1S/C17H18N2O/c1-18-15-10-8-14(9-11-15)17(20)19-12-4-6-13-5-2-3-7-16(13)19/h2-3,5,7-11,18H,4,6,12H2,1H3. The lowest BCUT2D eigenvalue weighted by atomic mass is 10.0. The lowest BCUT2D eigenvalue weighted by Gasteiger charge is -2.29. The number of hydrogen-bond acceptors (Lipinski definition) is 2. The molecule has 0 radical (unpaired) electrons. The first kappa shape index (κ1) is 12.7. The molecule has 0 saturated heterocycles. The van der Waals surface area contributed by atoms with Crippen molar-refractivity contribution in [1.82, 2.24) is 0 Å². The number of nitrogens with one attached hydrogen (secondary N) is 1. The summed E-state index contributed by atoms with van der Waals surface area (Å²) in [7, 11) is 1.87. The molecule has 1 aliphatic heterocycles. The Morgan fingerprint density at radius 2 is 1.85 bits per heavy atom. The van der Waals surface area contributed by atoms with E-state index in [-0.39, 0.29) is 5.91 Å². The summed E-state index contributed by atoms with van der Waals surface area (Å²) in [4.78, 5) is 14.6. The lowest BCUT2D eigenvalue weighted by Crippen LogP contribution is -2.35. The third-order valence-corrected chi connectivity index (χ3v) is 3.78. The molecule has 1 heterocycles. The molecule has 0 bridgehead atoms. The molecule has 102 valence electrons. The molecule has 0 aromatic heterocycles. The SMILES string of the molecule is CNc1ccc(C(=O)N2CCCc3ccccc32)cc1. The summed E-state index contributed by atoms with van der Waals surface area (Å²) in [6, 6.07) is 15.8. The Hall–Kier alpha value is -2.29. The summed E-state index contributed by atoms with van der Waals surface area (Å²) in [6.45, 7) is 0.795. The molecule has 0 aliphatic carbocycles. The van der Waals surface area contributed by atoms with Gasteiger partial charge >= 0.3 is 0 Å². The average molecular weight is 266 g/mol. The van der Waals surface area contributed by atoms with Gasteiger partial charge in [-0.1, -0.05) is 18.2 Å². The van der Waals surface area contributed by atoms with Gasteiger partial charge in [0.05, 0.1) is 0 Å². The van der Waals surface area contributed by atoms with Crippen LogP contribution < -0.4 is 10.2 Å². The summed E-state index contributed by atoms with van der Waals surface area (Å²) in [5.74, 6) is 0.0832. The monoisotopic (exact) mass is 266 g/mol. The molecule has 2 aromatic rings. The van der Waals surface area contributed by atoms with Gasteiger partial charge in [-0.25, -0.2) is 0 Å². The predicted octanol–water partition coefficient (Wildman–Crippen LogP) is 3.32. The van der Waals surface area contributed by atoms with Crippen LogP contribution in [-0.2, 0) is 6.42 Å². The summed E-state index contributed by atoms with van der Waals surface area (Å²) >= 11 is 0. The Morgan fingerprint density at radius 3 is 2.60 bits per heavy atom. The van der Waals surface area contributed by atoms with Gasteiger partial charge < -0.3 is 10.2 Å². The topological polar surface area (TPSA) is 32.3 Å². The van der Waals surface area contributed by atoms with Gasteiger partial charge in [0, 0.05) is 30.5 Å². The van der Waals surface area contributed by atoms with Crippen molar-refractivity contribution in [2.45, 2.75) is 12.8 Å². The van der Waals surface area contributed by atoms with E-state index in [4.69, 9.17) is 0 Å². The van der Waals surface area contributed by atoms with Gasteiger partial charge in [0.15, 0.2) is 0 Å². The van der Waals surface area contributed by atoms with E-state index in [1.165, 1.54) is 5.56 Å². The number of rotatable bonds is 2. The van der Waals surface area contributed by atoms with Crippen LogP contribution in [0.15, 0.2) is 48.5 Å². The highest BCUT2D eigenvalue weighted by molar-refractivity contribution is 6.06. The Labute approximate surface area is 119 Å². The van der Waals surface area contributed by atoms with Crippen molar-refractivity contribution >= 4 is 17.3 Å². The maximum absolute atomic E-state index is 12.7. The number of fused-ring (bicyclic) bond motifs is 1. The molecule has 1 aliphatic rings. The molecule has 3 nitrogen and oxygen atoms in total. The van der Waals surface area contributed by atoms with Gasteiger partial charge in [-0.05, 0) is 48.7 Å². The van der Waals surface area contributed by atoms with Crippen molar-refractivity contribution in [3.05, 3.63) is 59.7 Å². The molecule has 3 rings (SSSR count). The van der Waals surface area contributed by atoms with E-state index < -0.39 is 0 Å². The van der Waals surface area contributed by atoms with Crippen LogP contribution in [0, 0.1) is 0 Å². The van der Waals surface area contributed by atoms with Crippen LogP contribution >= 0.6 is 0 Å². The van der Waals surface area contributed by atoms with E-state index in [0.29, 0.717) is 0 Å². The van der Waals surface area contributed by atoms with Crippen LogP contribution in [-0.4, -0.2) is 19.5 Å². The largest absolute Gasteiger partial charge is 0.388 e. The highest BCUT2D eigenvalue weighted by atomic mass is 16.2. The zero-order valence-electron chi connectivity index (χ0n) is 11.6. The van der Waals surface area contributed by atoms with Gasteiger partial charge in [0.25, 0.3) is 5.91 Å². The number of carbonyl (C=O) groups is 1. The number of carbonyl (C=O) groups excluding carboxylic acids is 1. The molecule has 0 spiro atoms. The molecule has 1 amide bonds. The van der Waals surface area contributed by atoms with Gasteiger partial charge in [0.1, 0.15) is 0 Å². The molecular formula is C17H18N2O. The molecule has 3 heteroatoms. The number of hydrogen-bond donors (Lipinski definition) is 1. The number of nitrogens with zero attached hydrogens (tertiary/aromatic N) is 1. The lowest BCUT2D eigenvalue weighted by molar-refractivity contribution is 0.0985. The van der Waals surface area contributed by atoms with Crippen LogP contribution in [0.4, 0.5) is 11.4 Å². The van der Waals surface area contributed by atoms with Gasteiger partial charge in [-0.15, -0.1) is 0 Å². The Balaban J connectivity index is 1.91. The van der Waals surface area contributed by atoms with Crippen molar-refractivity contribution in [1.29, 1.82) is 0 Å². The zero-order chi connectivity index (χ0) is 13.9. The quantitative estimate of drug-likeness (QED) is 0.904. The third kappa shape index (κ3) is 2.27. The second-order valence-electron chi connectivity index (χ2n) is 5.02.